The smallest absolute Gasteiger partial charge is 0.327 e. The zero-order valence-corrected chi connectivity index (χ0v) is 12.7. The van der Waals surface area contributed by atoms with Crippen molar-refractivity contribution in [2.75, 3.05) is 44.1 Å². The highest BCUT2D eigenvalue weighted by atomic mass is 32.2. The fraction of sp³-hybridized carbons (Fsp3) is 0.800. The second-order valence-electron chi connectivity index (χ2n) is 4.76. The number of rotatable bonds is 2. The minimum atomic E-state index is -3.23. The van der Waals surface area contributed by atoms with Gasteiger partial charge in [-0.25, -0.2) is 18.0 Å². The summed E-state index contributed by atoms with van der Waals surface area (Å²) in [6.45, 7) is 1.09. The number of urea groups is 1. The maximum atomic E-state index is 12.3. The van der Waals surface area contributed by atoms with Gasteiger partial charge >= 0.3 is 12.0 Å². The summed E-state index contributed by atoms with van der Waals surface area (Å²) >= 11 is 1.41. The number of aliphatic carboxylic acids is 1. The van der Waals surface area contributed by atoms with Crippen molar-refractivity contribution >= 4 is 33.8 Å². The van der Waals surface area contributed by atoms with Crippen molar-refractivity contribution in [2.24, 2.45) is 0 Å². The van der Waals surface area contributed by atoms with Crippen LogP contribution in [0.2, 0.25) is 0 Å². The van der Waals surface area contributed by atoms with Crippen LogP contribution in [-0.4, -0.2) is 89.7 Å². The molecule has 0 aromatic heterocycles. The van der Waals surface area contributed by atoms with Crippen molar-refractivity contribution < 1.29 is 23.1 Å². The molecule has 2 aliphatic rings. The highest BCUT2D eigenvalue weighted by Gasteiger charge is 2.38. The Balaban J connectivity index is 1.97. The fourth-order valence-corrected chi connectivity index (χ4v) is 4.19. The molecule has 8 nitrogen and oxygen atoms in total. The largest absolute Gasteiger partial charge is 0.480 e. The lowest BCUT2D eigenvalue weighted by atomic mass is 10.3. The van der Waals surface area contributed by atoms with Gasteiger partial charge in [-0.15, -0.1) is 11.8 Å². The topological polar surface area (TPSA) is 98.2 Å². The Morgan fingerprint density at radius 3 is 2.30 bits per heavy atom. The number of carbonyl (C=O) groups excluding carboxylic acids is 1. The molecular formula is C10H17N3O5S2. The summed E-state index contributed by atoms with van der Waals surface area (Å²) in [5, 5.41) is 9.07. The van der Waals surface area contributed by atoms with Gasteiger partial charge < -0.3 is 14.9 Å². The lowest BCUT2D eigenvalue weighted by molar-refractivity contribution is -0.140. The summed E-state index contributed by atoms with van der Waals surface area (Å²) in [6, 6.07) is -1.11. The zero-order chi connectivity index (χ0) is 14.9. The summed E-state index contributed by atoms with van der Waals surface area (Å²) in [7, 11) is -3.23. The number of sulfonamides is 1. The molecule has 0 aliphatic carbocycles. The predicted molar refractivity (Wildman–Crippen MR) is 74.0 cm³/mol. The molecule has 0 radical (unpaired) electrons. The third-order valence-corrected chi connectivity index (χ3v) is 5.71. The summed E-state index contributed by atoms with van der Waals surface area (Å²) < 4.78 is 24.1. The van der Waals surface area contributed by atoms with Gasteiger partial charge in [0, 0.05) is 31.9 Å². The van der Waals surface area contributed by atoms with Crippen LogP contribution in [0.4, 0.5) is 4.79 Å². The van der Waals surface area contributed by atoms with E-state index in [0.29, 0.717) is 24.7 Å². The molecule has 114 valence electrons. The first-order valence-electron chi connectivity index (χ1n) is 6.12. The van der Waals surface area contributed by atoms with Crippen LogP contribution < -0.4 is 0 Å². The van der Waals surface area contributed by atoms with Crippen molar-refractivity contribution in [3.8, 4) is 0 Å². The second-order valence-corrected chi connectivity index (χ2v) is 7.74. The molecule has 2 amide bonds. The van der Waals surface area contributed by atoms with Gasteiger partial charge in [0.2, 0.25) is 10.0 Å². The van der Waals surface area contributed by atoms with E-state index in [-0.39, 0.29) is 19.1 Å². The van der Waals surface area contributed by atoms with Gasteiger partial charge in [0.15, 0.2) is 0 Å². The van der Waals surface area contributed by atoms with E-state index in [1.54, 1.807) is 0 Å². The highest BCUT2D eigenvalue weighted by Crippen LogP contribution is 2.23. The SMILES string of the molecule is CS(=O)(=O)N1CCN(C(=O)N2CSCC2C(=O)O)CC1. The van der Waals surface area contributed by atoms with E-state index < -0.39 is 22.0 Å². The van der Waals surface area contributed by atoms with Gasteiger partial charge in [0.05, 0.1) is 12.1 Å². The number of carbonyl (C=O) groups is 2. The Labute approximate surface area is 121 Å². The third kappa shape index (κ3) is 3.18. The van der Waals surface area contributed by atoms with E-state index in [1.165, 1.54) is 25.9 Å². The van der Waals surface area contributed by atoms with Crippen LogP contribution in [-0.2, 0) is 14.8 Å². The van der Waals surface area contributed by atoms with Crippen LogP contribution in [0.15, 0.2) is 0 Å². The molecule has 1 unspecified atom stereocenters. The van der Waals surface area contributed by atoms with Gasteiger partial charge in [0.1, 0.15) is 6.04 Å². The Bertz CT molecular complexity index is 501. The molecule has 0 saturated carbocycles. The van der Waals surface area contributed by atoms with Gasteiger partial charge in [-0.3, -0.25) is 0 Å². The highest BCUT2D eigenvalue weighted by molar-refractivity contribution is 7.99. The number of carboxylic acid groups (broad SMARTS) is 1. The molecular weight excluding hydrogens is 306 g/mol. The number of piperazine rings is 1. The quantitative estimate of drug-likeness (QED) is 0.710. The van der Waals surface area contributed by atoms with E-state index >= 15 is 0 Å². The van der Waals surface area contributed by atoms with Crippen molar-refractivity contribution in [3.05, 3.63) is 0 Å². The predicted octanol–water partition coefficient (Wildman–Crippen LogP) is -0.857. The molecule has 2 fully saturated rings. The summed E-state index contributed by atoms with van der Waals surface area (Å²) in [6.07, 6.45) is 1.14. The van der Waals surface area contributed by atoms with Crippen LogP contribution >= 0.6 is 11.8 Å². The second kappa shape index (κ2) is 5.78. The maximum absolute atomic E-state index is 12.3. The number of nitrogens with zero attached hydrogens (tertiary/aromatic N) is 3. The number of hydrogen-bond acceptors (Lipinski definition) is 5. The Kier molecular flexibility index (Phi) is 4.45. The van der Waals surface area contributed by atoms with E-state index in [1.807, 2.05) is 0 Å². The van der Waals surface area contributed by atoms with E-state index in [4.69, 9.17) is 5.11 Å². The molecule has 0 aromatic rings. The van der Waals surface area contributed by atoms with Gasteiger partial charge in [0.25, 0.3) is 0 Å². The van der Waals surface area contributed by atoms with Crippen LogP contribution in [0.25, 0.3) is 0 Å². The lowest BCUT2D eigenvalue weighted by Gasteiger charge is -2.36. The minimum Gasteiger partial charge on any atom is -0.480 e. The lowest BCUT2D eigenvalue weighted by Crippen LogP contribution is -2.55. The maximum Gasteiger partial charge on any atom is 0.327 e. The molecule has 0 spiro atoms. The van der Waals surface area contributed by atoms with E-state index in [0.717, 1.165) is 6.26 Å². The number of thioether (sulfide) groups is 1. The minimum absolute atomic E-state index is 0.253. The first-order valence-corrected chi connectivity index (χ1v) is 9.12. The molecule has 0 aromatic carbocycles. The summed E-state index contributed by atoms with van der Waals surface area (Å²) in [4.78, 5) is 26.2. The van der Waals surface area contributed by atoms with Gasteiger partial charge in [-0.05, 0) is 0 Å². The first kappa shape index (κ1) is 15.4. The number of amides is 2. The average molecular weight is 323 g/mol. The molecule has 2 saturated heterocycles. The van der Waals surface area contributed by atoms with Gasteiger partial charge in [-0.1, -0.05) is 0 Å². The third-order valence-electron chi connectivity index (χ3n) is 3.39. The van der Waals surface area contributed by atoms with Crippen molar-refractivity contribution in [1.29, 1.82) is 0 Å². The van der Waals surface area contributed by atoms with Crippen molar-refractivity contribution in [2.45, 2.75) is 6.04 Å². The Hall–Kier alpha value is -1.00. The molecule has 2 rings (SSSR count). The molecule has 2 heterocycles. The number of carboxylic acids is 1. The van der Waals surface area contributed by atoms with Crippen LogP contribution in [0, 0.1) is 0 Å². The molecule has 1 atom stereocenters. The van der Waals surface area contributed by atoms with E-state index in [9.17, 15) is 18.0 Å². The van der Waals surface area contributed by atoms with Crippen molar-refractivity contribution in [1.82, 2.24) is 14.1 Å². The number of hydrogen-bond donors (Lipinski definition) is 1. The molecule has 0 bridgehead atoms. The fourth-order valence-electron chi connectivity index (χ4n) is 2.23. The first-order chi connectivity index (χ1) is 9.30. The van der Waals surface area contributed by atoms with Crippen LogP contribution in [0.3, 0.4) is 0 Å². The summed E-state index contributed by atoms with van der Waals surface area (Å²) in [5.41, 5.74) is 0. The van der Waals surface area contributed by atoms with Crippen molar-refractivity contribution in [3.63, 3.8) is 0 Å². The normalized spacial score (nSPS) is 24.9. The average Bonchev–Trinajstić information content (AvgIpc) is 2.86. The Morgan fingerprint density at radius 2 is 1.80 bits per heavy atom. The molecule has 1 N–H and O–H groups in total. The van der Waals surface area contributed by atoms with Gasteiger partial charge in [-0.2, -0.15) is 4.31 Å². The van der Waals surface area contributed by atoms with Crippen LogP contribution in [0.1, 0.15) is 0 Å². The zero-order valence-electron chi connectivity index (χ0n) is 11.1. The monoisotopic (exact) mass is 323 g/mol. The summed E-state index contributed by atoms with van der Waals surface area (Å²) in [5.74, 6) is -0.245. The molecule has 20 heavy (non-hydrogen) atoms. The standard InChI is InChI=1S/C10H17N3O5S2/c1-20(17,18)12-4-2-11(3-5-12)10(16)13-7-19-6-8(13)9(14)15/h8H,2-7H2,1H3,(H,14,15). The molecule has 10 heteroatoms. The molecule has 2 aliphatic heterocycles. The van der Waals surface area contributed by atoms with E-state index in [2.05, 4.69) is 0 Å². The Morgan fingerprint density at radius 1 is 1.20 bits per heavy atom. The van der Waals surface area contributed by atoms with Crippen LogP contribution in [0.5, 0.6) is 0 Å².